The maximum absolute atomic E-state index is 10.5. The molecule has 1 aromatic heterocycles. The lowest BCUT2D eigenvalue weighted by molar-refractivity contribution is 0.112. The Kier molecular flexibility index (Phi) is 3.70. The summed E-state index contributed by atoms with van der Waals surface area (Å²) in [7, 11) is 0. The normalized spacial score (nSPS) is 10.8. The van der Waals surface area contributed by atoms with Gasteiger partial charge in [-0.3, -0.25) is 4.79 Å². The van der Waals surface area contributed by atoms with E-state index in [1.807, 2.05) is 23.6 Å². The van der Waals surface area contributed by atoms with Crippen molar-refractivity contribution in [2.24, 2.45) is 5.73 Å². The molecule has 1 aromatic rings. The number of hydrogen-bond acceptors (Lipinski definition) is 3. The minimum atomic E-state index is 0.650. The number of hydrogen-bond donors (Lipinski definition) is 1. The van der Waals surface area contributed by atoms with E-state index in [-0.39, 0.29) is 0 Å². The molecule has 0 saturated heterocycles. The van der Waals surface area contributed by atoms with Gasteiger partial charge in [0.05, 0.1) is 4.88 Å². The van der Waals surface area contributed by atoms with Crippen LogP contribution in [-0.4, -0.2) is 12.8 Å². The molecule has 0 amide bonds. The Balaban J connectivity index is 2.67. The number of thiophene rings is 1. The summed E-state index contributed by atoms with van der Waals surface area (Å²) in [6.45, 7) is 0.650. The summed E-state index contributed by atoms with van der Waals surface area (Å²) in [5.74, 6) is 0. The molecule has 0 unspecified atom stereocenters. The largest absolute Gasteiger partial charge is 0.330 e. The molecular formula is C9H11NOS. The van der Waals surface area contributed by atoms with Gasteiger partial charge < -0.3 is 5.73 Å². The van der Waals surface area contributed by atoms with E-state index in [4.69, 9.17) is 5.73 Å². The van der Waals surface area contributed by atoms with Crippen molar-refractivity contribution in [3.8, 4) is 0 Å². The van der Waals surface area contributed by atoms with Crippen molar-refractivity contribution in [3.63, 3.8) is 0 Å². The lowest BCUT2D eigenvalue weighted by Gasteiger charge is -1.87. The van der Waals surface area contributed by atoms with Gasteiger partial charge in [-0.2, -0.15) is 0 Å². The highest BCUT2D eigenvalue weighted by atomic mass is 32.1. The maximum atomic E-state index is 10.5. The fourth-order valence-corrected chi connectivity index (χ4v) is 1.56. The monoisotopic (exact) mass is 181 g/mol. The Hall–Kier alpha value is -0.930. The first kappa shape index (κ1) is 9.16. The van der Waals surface area contributed by atoms with E-state index < -0.39 is 0 Å². The first-order chi connectivity index (χ1) is 5.88. The van der Waals surface area contributed by atoms with Crippen molar-refractivity contribution in [1.29, 1.82) is 0 Å². The van der Waals surface area contributed by atoms with E-state index in [1.165, 1.54) is 11.3 Å². The number of aldehydes is 1. The van der Waals surface area contributed by atoms with Crippen LogP contribution in [0.1, 0.15) is 21.7 Å². The number of rotatable bonds is 4. The fourth-order valence-electron chi connectivity index (χ4n) is 0.871. The molecule has 0 aromatic carbocycles. The first-order valence-corrected chi connectivity index (χ1v) is 4.65. The molecule has 64 valence electrons. The Morgan fingerprint density at radius 2 is 2.42 bits per heavy atom. The molecule has 1 heterocycles. The number of carbonyl (C=O) groups is 1. The summed E-state index contributed by atoms with van der Waals surface area (Å²) < 4.78 is 0. The Bertz CT molecular complexity index is 278. The molecule has 2 N–H and O–H groups in total. The minimum absolute atomic E-state index is 0.650. The van der Waals surface area contributed by atoms with Crippen molar-refractivity contribution in [2.75, 3.05) is 6.54 Å². The van der Waals surface area contributed by atoms with Crippen LogP contribution < -0.4 is 5.73 Å². The van der Waals surface area contributed by atoms with Gasteiger partial charge in [0, 0.05) is 0 Å². The second-order valence-electron chi connectivity index (χ2n) is 2.34. The van der Waals surface area contributed by atoms with E-state index >= 15 is 0 Å². The van der Waals surface area contributed by atoms with Gasteiger partial charge in [0.25, 0.3) is 0 Å². The fraction of sp³-hybridized carbons (Fsp3) is 0.222. The van der Waals surface area contributed by atoms with Crippen molar-refractivity contribution in [2.45, 2.75) is 6.42 Å². The lowest BCUT2D eigenvalue weighted by atomic mass is 10.2. The predicted octanol–water partition coefficient (Wildman–Crippen LogP) is 1.92. The number of carbonyl (C=O) groups excluding carboxylic acids is 1. The Labute approximate surface area is 75.7 Å². The summed E-state index contributed by atoms with van der Waals surface area (Å²) >= 11 is 1.46. The van der Waals surface area contributed by atoms with Crippen LogP contribution in [0.25, 0.3) is 6.08 Å². The van der Waals surface area contributed by atoms with Crippen molar-refractivity contribution in [1.82, 2.24) is 0 Å². The highest BCUT2D eigenvalue weighted by Crippen LogP contribution is 2.15. The van der Waals surface area contributed by atoms with Crippen molar-refractivity contribution < 1.29 is 4.79 Å². The molecule has 0 bridgehead atoms. The molecule has 0 radical (unpaired) electrons. The van der Waals surface area contributed by atoms with Crippen LogP contribution in [0.5, 0.6) is 0 Å². The van der Waals surface area contributed by atoms with Gasteiger partial charge in [-0.25, -0.2) is 0 Å². The van der Waals surface area contributed by atoms with E-state index in [2.05, 4.69) is 0 Å². The first-order valence-electron chi connectivity index (χ1n) is 3.77. The smallest absolute Gasteiger partial charge is 0.160 e. The van der Waals surface area contributed by atoms with Gasteiger partial charge in [-0.15, -0.1) is 11.3 Å². The maximum Gasteiger partial charge on any atom is 0.160 e. The van der Waals surface area contributed by atoms with Crippen LogP contribution in [0.4, 0.5) is 0 Å². The van der Waals surface area contributed by atoms with Crippen LogP contribution in [0.3, 0.4) is 0 Å². The molecule has 0 aliphatic carbocycles. The average Bonchev–Trinajstić information content (AvgIpc) is 2.52. The third kappa shape index (κ3) is 2.29. The van der Waals surface area contributed by atoms with Crippen molar-refractivity contribution in [3.05, 3.63) is 28.0 Å². The second-order valence-corrected chi connectivity index (χ2v) is 3.29. The molecule has 1 rings (SSSR count). The van der Waals surface area contributed by atoms with E-state index in [0.717, 1.165) is 23.1 Å². The summed E-state index contributed by atoms with van der Waals surface area (Å²) in [5, 5.41) is 1.91. The van der Waals surface area contributed by atoms with Gasteiger partial charge in [0.1, 0.15) is 0 Å². The summed E-state index contributed by atoms with van der Waals surface area (Å²) in [6, 6.07) is 1.93. The van der Waals surface area contributed by atoms with Gasteiger partial charge in [0.2, 0.25) is 0 Å². The zero-order valence-corrected chi connectivity index (χ0v) is 7.51. The average molecular weight is 181 g/mol. The zero-order chi connectivity index (χ0) is 8.81. The molecule has 2 nitrogen and oxygen atoms in total. The van der Waals surface area contributed by atoms with Crippen LogP contribution >= 0.6 is 11.3 Å². The van der Waals surface area contributed by atoms with Gasteiger partial charge in [-0.1, -0.05) is 12.2 Å². The zero-order valence-electron chi connectivity index (χ0n) is 6.69. The minimum Gasteiger partial charge on any atom is -0.330 e. The van der Waals surface area contributed by atoms with Gasteiger partial charge in [0.15, 0.2) is 6.29 Å². The molecular weight excluding hydrogens is 170 g/mol. The topological polar surface area (TPSA) is 43.1 Å². The van der Waals surface area contributed by atoms with Gasteiger partial charge in [-0.05, 0) is 30.0 Å². The molecule has 0 atom stereocenters. The van der Waals surface area contributed by atoms with Crippen molar-refractivity contribution >= 4 is 23.7 Å². The third-order valence-corrected chi connectivity index (χ3v) is 2.32. The molecule has 0 spiro atoms. The number of nitrogens with two attached hydrogens (primary N) is 1. The molecule has 0 saturated carbocycles. The van der Waals surface area contributed by atoms with Gasteiger partial charge >= 0.3 is 0 Å². The van der Waals surface area contributed by atoms with E-state index in [0.29, 0.717) is 6.54 Å². The lowest BCUT2D eigenvalue weighted by Crippen LogP contribution is -1.94. The predicted molar refractivity (Wildman–Crippen MR) is 52.4 cm³/mol. The second kappa shape index (κ2) is 4.85. The summed E-state index contributed by atoms with van der Waals surface area (Å²) in [4.78, 5) is 11.3. The Morgan fingerprint density at radius 3 is 3.08 bits per heavy atom. The highest BCUT2D eigenvalue weighted by Gasteiger charge is 1.97. The van der Waals surface area contributed by atoms with Crippen LogP contribution in [-0.2, 0) is 0 Å². The summed E-state index contributed by atoms with van der Waals surface area (Å²) in [5.41, 5.74) is 6.31. The van der Waals surface area contributed by atoms with Crippen LogP contribution in [0, 0.1) is 0 Å². The third-order valence-electron chi connectivity index (χ3n) is 1.46. The van der Waals surface area contributed by atoms with Crippen LogP contribution in [0.2, 0.25) is 0 Å². The van der Waals surface area contributed by atoms with E-state index in [9.17, 15) is 4.79 Å². The molecule has 12 heavy (non-hydrogen) atoms. The SMILES string of the molecule is NCCC=Cc1ccsc1C=O. The Morgan fingerprint density at radius 1 is 1.58 bits per heavy atom. The summed E-state index contributed by atoms with van der Waals surface area (Å²) in [6.07, 6.45) is 5.66. The molecule has 3 heteroatoms. The molecule has 0 aliphatic heterocycles. The quantitative estimate of drug-likeness (QED) is 0.721. The molecule has 0 aliphatic rings. The van der Waals surface area contributed by atoms with Crippen LogP contribution in [0.15, 0.2) is 17.5 Å². The highest BCUT2D eigenvalue weighted by molar-refractivity contribution is 7.11. The molecule has 0 fully saturated rings. The standard InChI is InChI=1S/C9H11NOS/c10-5-2-1-3-8-4-6-12-9(8)7-11/h1,3-4,6-7H,2,5,10H2. The van der Waals surface area contributed by atoms with E-state index in [1.54, 1.807) is 0 Å².